The van der Waals surface area contributed by atoms with E-state index in [-0.39, 0.29) is 18.5 Å². The summed E-state index contributed by atoms with van der Waals surface area (Å²) in [6.07, 6.45) is 84.0. The number of unbranched alkanes of at least 4 members (excludes halogenated alkanes) is 55. The molecule has 0 radical (unpaired) electrons. The average molecular weight is 1100 g/mol. The highest BCUT2D eigenvalue weighted by molar-refractivity contribution is 5.76. The molecule has 0 saturated heterocycles. The van der Waals surface area contributed by atoms with Crippen LogP contribution >= 0.6 is 0 Å². The molecule has 0 rings (SSSR count). The summed E-state index contributed by atoms with van der Waals surface area (Å²) in [6, 6.07) is -0.544. The van der Waals surface area contributed by atoms with Crippen LogP contribution in [0.15, 0.2) is 12.2 Å². The van der Waals surface area contributed by atoms with Gasteiger partial charge in [-0.05, 0) is 51.4 Å². The molecule has 3 N–H and O–H groups in total. The van der Waals surface area contributed by atoms with Gasteiger partial charge in [0.15, 0.2) is 0 Å². The van der Waals surface area contributed by atoms with Gasteiger partial charge in [0.2, 0.25) is 5.91 Å². The van der Waals surface area contributed by atoms with E-state index in [1.165, 1.54) is 334 Å². The third-order valence-corrected chi connectivity index (χ3v) is 17.1. The Morgan fingerprint density at radius 2 is 0.603 bits per heavy atom. The average Bonchev–Trinajstić information content (AvgIpc) is 3.44. The van der Waals surface area contributed by atoms with Crippen LogP contribution in [0.1, 0.15) is 412 Å². The van der Waals surface area contributed by atoms with Crippen molar-refractivity contribution in [1.29, 1.82) is 0 Å². The maximum Gasteiger partial charge on any atom is 0.305 e. The maximum absolute atomic E-state index is 12.6. The summed E-state index contributed by atoms with van der Waals surface area (Å²) in [5.74, 6) is -0.0226. The second kappa shape index (κ2) is 68.1. The lowest BCUT2D eigenvalue weighted by atomic mass is 10.0. The van der Waals surface area contributed by atoms with E-state index in [9.17, 15) is 19.8 Å². The minimum absolute atomic E-state index is 0.00881. The van der Waals surface area contributed by atoms with E-state index in [4.69, 9.17) is 4.74 Å². The van der Waals surface area contributed by atoms with Gasteiger partial charge < -0.3 is 20.3 Å². The van der Waals surface area contributed by atoms with Gasteiger partial charge in [-0.25, -0.2) is 0 Å². The zero-order valence-electron chi connectivity index (χ0n) is 53.2. The van der Waals surface area contributed by atoms with Crippen LogP contribution in [0, 0.1) is 0 Å². The second-order valence-corrected chi connectivity index (χ2v) is 24.9. The molecule has 0 fully saturated rings. The zero-order valence-corrected chi connectivity index (χ0v) is 53.2. The highest BCUT2D eigenvalue weighted by atomic mass is 16.5. The van der Waals surface area contributed by atoms with Crippen LogP contribution < -0.4 is 5.32 Å². The summed E-state index contributed by atoms with van der Waals surface area (Å²) in [6.45, 7) is 4.99. The van der Waals surface area contributed by atoms with Crippen molar-refractivity contribution in [2.75, 3.05) is 13.2 Å². The fourth-order valence-corrected chi connectivity index (χ4v) is 11.6. The summed E-state index contributed by atoms with van der Waals surface area (Å²) in [7, 11) is 0. The summed E-state index contributed by atoms with van der Waals surface area (Å²) >= 11 is 0. The molecule has 0 aromatic heterocycles. The van der Waals surface area contributed by atoms with Crippen LogP contribution in [-0.2, 0) is 14.3 Å². The second-order valence-electron chi connectivity index (χ2n) is 24.9. The van der Waals surface area contributed by atoms with Gasteiger partial charge in [0, 0.05) is 12.8 Å². The first-order valence-corrected chi connectivity index (χ1v) is 35.9. The SMILES string of the molecule is CCCCCCCC/C=C\CCCCCCCCCC(=O)OCCCCCCCCCCCCCCCCCCCCCCC(=O)NC(CO)C(O)CCCCCCCCCCCCCCCCCCCCCCCCCC. The molecular weight excluding hydrogens is 959 g/mol. The summed E-state index contributed by atoms with van der Waals surface area (Å²) in [5, 5.41) is 23.4. The monoisotopic (exact) mass is 1100 g/mol. The van der Waals surface area contributed by atoms with Gasteiger partial charge in [-0.2, -0.15) is 0 Å². The number of carbonyl (C=O) groups excluding carboxylic acids is 2. The van der Waals surface area contributed by atoms with Gasteiger partial charge in [0.25, 0.3) is 0 Å². The Labute approximate surface area is 489 Å². The van der Waals surface area contributed by atoms with E-state index in [0.717, 1.165) is 44.9 Å². The number of allylic oxidation sites excluding steroid dienone is 2. The van der Waals surface area contributed by atoms with Crippen molar-refractivity contribution >= 4 is 11.9 Å². The molecule has 0 aromatic rings. The van der Waals surface area contributed by atoms with E-state index >= 15 is 0 Å². The maximum atomic E-state index is 12.6. The summed E-state index contributed by atoms with van der Waals surface area (Å²) in [5.41, 5.74) is 0. The molecule has 0 bridgehead atoms. The molecule has 1 amide bonds. The molecule has 2 atom stereocenters. The fourth-order valence-electron chi connectivity index (χ4n) is 11.6. The number of aliphatic hydroxyl groups is 2. The van der Waals surface area contributed by atoms with Gasteiger partial charge >= 0.3 is 5.97 Å². The van der Waals surface area contributed by atoms with E-state index < -0.39 is 12.1 Å². The number of hydrogen-bond donors (Lipinski definition) is 3. The molecule has 0 saturated carbocycles. The molecule has 6 nitrogen and oxygen atoms in total. The number of aliphatic hydroxyl groups excluding tert-OH is 2. The van der Waals surface area contributed by atoms with E-state index in [1.54, 1.807) is 0 Å². The lowest BCUT2D eigenvalue weighted by Crippen LogP contribution is -2.45. The summed E-state index contributed by atoms with van der Waals surface area (Å²) < 4.78 is 5.50. The van der Waals surface area contributed by atoms with E-state index in [1.807, 2.05) is 0 Å². The predicted molar refractivity (Wildman–Crippen MR) is 343 cm³/mol. The highest BCUT2D eigenvalue weighted by Crippen LogP contribution is 2.19. The molecule has 78 heavy (non-hydrogen) atoms. The standard InChI is InChI=1S/C72H141NO5/c1-3-5-7-9-11-13-15-17-19-21-22-23-24-25-26-29-33-36-40-44-48-52-56-60-64-70(75)69(68-74)73-71(76)65-61-57-53-49-45-41-37-34-30-27-28-31-35-39-43-47-51-55-59-63-67-78-72(77)66-62-58-54-50-46-42-38-32-20-18-16-14-12-10-8-6-4-2/h18,20,69-70,74-75H,3-17,19,21-68H2,1-2H3,(H,73,76)/b20-18-. The van der Waals surface area contributed by atoms with Crippen LogP contribution in [0.25, 0.3) is 0 Å². The van der Waals surface area contributed by atoms with Crippen molar-refractivity contribution in [3.8, 4) is 0 Å². The van der Waals surface area contributed by atoms with Crippen molar-refractivity contribution in [2.24, 2.45) is 0 Å². The van der Waals surface area contributed by atoms with Gasteiger partial charge in [-0.3, -0.25) is 9.59 Å². The molecule has 6 heteroatoms. The molecule has 0 spiro atoms. The highest BCUT2D eigenvalue weighted by Gasteiger charge is 2.20. The Bertz CT molecular complexity index is 1180. The lowest BCUT2D eigenvalue weighted by molar-refractivity contribution is -0.143. The molecule has 0 aromatic carbocycles. The molecular formula is C72H141NO5. The Hall–Kier alpha value is -1.40. The van der Waals surface area contributed by atoms with Crippen molar-refractivity contribution < 1.29 is 24.5 Å². The van der Waals surface area contributed by atoms with Crippen LogP contribution in [-0.4, -0.2) is 47.4 Å². The van der Waals surface area contributed by atoms with Crippen molar-refractivity contribution in [1.82, 2.24) is 5.32 Å². The molecule has 0 aliphatic heterocycles. The number of carbonyl (C=O) groups is 2. The minimum Gasteiger partial charge on any atom is -0.466 e. The molecule has 464 valence electrons. The largest absolute Gasteiger partial charge is 0.466 e. The lowest BCUT2D eigenvalue weighted by Gasteiger charge is -2.22. The van der Waals surface area contributed by atoms with E-state index in [2.05, 4.69) is 31.3 Å². The Kier molecular flexibility index (Phi) is 66.9. The first-order valence-electron chi connectivity index (χ1n) is 35.9. The van der Waals surface area contributed by atoms with Crippen LogP contribution in [0.3, 0.4) is 0 Å². The first-order chi connectivity index (χ1) is 38.5. The smallest absolute Gasteiger partial charge is 0.305 e. The third kappa shape index (κ3) is 63.8. The molecule has 0 heterocycles. The van der Waals surface area contributed by atoms with Gasteiger partial charge in [0.1, 0.15) is 0 Å². The topological polar surface area (TPSA) is 95.9 Å². The van der Waals surface area contributed by atoms with Crippen molar-refractivity contribution in [3.63, 3.8) is 0 Å². The van der Waals surface area contributed by atoms with Crippen molar-refractivity contribution in [3.05, 3.63) is 12.2 Å². The minimum atomic E-state index is -0.667. The van der Waals surface area contributed by atoms with Gasteiger partial charge in [-0.1, -0.05) is 360 Å². The Balaban J connectivity index is 3.38. The summed E-state index contributed by atoms with van der Waals surface area (Å²) in [4.78, 5) is 24.7. The molecule has 0 aliphatic rings. The molecule has 2 unspecified atom stereocenters. The predicted octanol–water partition coefficient (Wildman–Crippen LogP) is 23.1. The number of esters is 1. The number of amides is 1. The quantitative estimate of drug-likeness (QED) is 0.0320. The zero-order chi connectivity index (χ0) is 56.4. The number of rotatable bonds is 68. The normalized spacial score (nSPS) is 12.5. The van der Waals surface area contributed by atoms with Gasteiger partial charge in [0.05, 0.1) is 25.4 Å². The fraction of sp³-hybridized carbons (Fsp3) is 0.944. The van der Waals surface area contributed by atoms with Crippen LogP contribution in [0.5, 0.6) is 0 Å². The number of nitrogens with one attached hydrogen (secondary N) is 1. The molecule has 0 aliphatic carbocycles. The Morgan fingerprint density at radius 1 is 0.346 bits per heavy atom. The van der Waals surface area contributed by atoms with Gasteiger partial charge in [-0.15, -0.1) is 0 Å². The van der Waals surface area contributed by atoms with Crippen LogP contribution in [0.4, 0.5) is 0 Å². The Morgan fingerprint density at radius 3 is 0.910 bits per heavy atom. The van der Waals surface area contributed by atoms with Crippen molar-refractivity contribution in [2.45, 2.75) is 424 Å². The first kappa shape index (κ1) is 76.6. The van der Waals surface area contributed by atoms with Crippen LogP contribution in [0.2, 0.25) is 0 Å². The number of ether oxygens (including phenoxy) is 1. The van der Waals surface area contributed by atoms with E-state index in [0.29, 0.717) is 25.9 Å². The number of hydrogen-bond acceptors (Lipinski definition) is 5. The third-order valence-electron chi connectivity index (χ3n) is 17.1.